The molecule has 9 heteroatoms. The Balaban J connectivity index is 1.85. The summed E-state index contributed by atoms with van der Waals surface area (Å²) in [4.78, 5) is 15.2. The van der Waals surface area contributed by atoms with Crippen LogP contribution < -0.4 is 10.5 Å². The van der Waals surface area contributed by atoms with E-state index in [1.807, 2.05) is 0 Å². The van der Waals surface area contributed by atoms with E-state index in [4.69, 9.17) is 5.14 Å². The molecule has 1 amide bonds. The van der Waals surface area contributed by atoms with Crippen LogP contribution in [0, 0.1) is 5.82 Å². The largest absolute Gasteiger partial charge is 0.350 e. The second kappa shape index (κ2) is 6.58. The van der Waals surface area contributed by atoms with Crippen molar-refractivity contribution >= 4 is 48.5 Å². The molecule has 0 saturated heterocycles. The third kappa shape index (κ3) is 4.25. The van der Waals surface area contributed by atoms with Crippen LogP contribution in [0.2, 0.25) is 0 Å². The highest BCUT2D eigenvalue weighted by molar-refractivity contribution is 9.10. The molecule has 0 fully saturated rings. The predicted molar refractivity (Wildman–Crippen MR) is 97.2 cm³/mol. The lowest BCUT2D eigenvalue weighted by atomic mass is 10.2. The molecular weight excluding hydrogens is 413 g/mol. The van der Waals surface area contributed by atoms with Crippen molar-refractivity contribution in [2.75, 3.05) is 5.32 Å². The van der Waals surface area contributed by atoms with Crippen molar-refractivity contribution < 1.29 is 17.6 Å². The molecular formula is C16H13BrFN3O3S. The zero-order valence-corrected chi connectivity index (χ0v) is 15.1. The molecule has 130 valence electrons. The topological polar surface area (TPSA) is 105 Å². The molecule has 25 heavy (non-hydrogen) atoms. The molecule has 0 saturated carbocycles. The van der Waals surface area contributed by atoms with Crippen LogP contribution in [0.15, 0.2) is 46.9 Å². The predicted octanol–water partition coefficient (Wildman–Crippen LogP) is 3.11. The van der Waals surface area contributed by atoms with Gasteiger partial charge in [-0.2, -0.15) is 0 Å². The van der Waals surface area contributed by atoms with E-state index in [1.165, 1.54) is 18.2 Å². The third-order valence-corrected chi connectivity index (χ3v) is 4.64. The van der Waals surface area contributed by atoms with Crippen molar-refractivity contribution in [2.24, 2.45) is 5.14 Å². The van der Waals surface area contributed by atoms with Crippen LogP contribution in [0.25, 0.3) is 10.9 Å². The molecule has 1 heterocycles. The lowest BCUT2D eigenvalue weighted by Gasteiger charge is -2.06. The molecule has 0 aliphatic carbocycles. The number of carbonyl (C=O) groups excluding carboxylic acids is 1. The Morgan fingerprint density at radius 2 is 2.00 bits per heavy atom. The number of anilines is 1. The van der Waals surface area contributed by atoms with Crippen LogP contribution in [-0.2, 0) is 15.8 Å². The number of sulfonamides is 1. The number of aromatic amines is 1. The standard InChI is InChI=1S/C16H13BrFN3O3S/c17-10-5-13(18)12-7-15(21-14(12)6-10)16(22)20-11-3-1-2-9(4-11)8-25(19,23)24/h1-7,21H,8H2,(H,20,22)(H2,19,23,24). The number of carbonyl (C=O) groups is 1. The zero-order valence-electron chi connectivity index (χ0n) is 12.7. The van der Waals surface area contributed by atoms with Gasteiger partial charge in [0.1, 0.15) is 11.5 Å². The average Bonchev–Trinajstić information content (AvgIpc) is 2.90. The fraction of sp³-hybridized carbons (Fsp3) is 0.0625. The molecule has 3 aromatic rings. The molecule has 6 nitrogen and oxygen atoms in total. The normalized spacial score (nSPS) is 11.6. The lowest BCUT2D eigenvalue weighted by molar-refractivity contribution is 0.102. The van der Waals surface area contributed by atoms with Crippen LogP contribution in [-0.4, -0.2) is 19.3 Å². The number of hydrogen-bond donors (Lipinski definition) is 3. The number of hydrogen-bond acceptors (Lipinski definition) is 3. The van der Waals surface area contributed by atoms with Gasteiger partial charge in [0.15, 0.2) is 0 Å². The van der Waals surface area contributed by atoms with Gasteiger partial charge in [-0.3, -0.25) is 4.79 Å². The summed E-state index contributed by atoms with van der Waals surface area (Å²) in [5.74, 6) is -1.25. The van der Waals surface area contributed by atoms with Gasteiger partial charge in [-0.1, -0.05) is 28.1 Å². The van der Waals surface area contributed by atoms with Gasteiger partial charge in [0, 0.05) is 15.5 Å². The van der Waals surface area contributed by atoms with Gasteiger partial charge >= 0.3 is 0 Å². The van der Waals surface area contributed by atoms with E-state index in [1.54, 1.807) is 24.3 Å². The maximum atomic E-state index is 13.9. The summed E-state index contributed by atoms with van der Waals surface area (Å²) in [6, 6.07) is 10.7. The summed E-state index contributed by atoms with van der Waals surface area (Å²) in [5.41, 5.74) is 1.53. The van der Waals surface area contributed by atoms with Crippen LogP contribution in [0.1, 0.15) is 16.1 Å². The third-order valence-electron chi connectivity index (χ3n) is 3.45. The van der Waals surface area contributed by atoms with E-state index in [0.717, 1.165) is 0 Å². The van der Waals surface area contributed by atoms with Crippen molar-refractivity contribution in [1.82, 2.24) is 4.98 Å². The Hall–Kier alpha value is -2.23. The molecule has 4 N–H and O–H groups in total. The Bertz CT molecular complexity index is 1080. The molecule has 0 atom stereocenters. The van der Waals surface area contributed by atoms with Crippen molar-refractivity contribution in [3.8, 4) is 0 Å². The van der Waals surface area contributed by atoms with Gasteiger partial charge in [-0.05, 0) is 35.9 Å². The van der Waals surface area contributed by atoms with Gasteiger partial charge in [-0.15, -0.1) is 0 Å². The maximum Gasteiger partial charge on any atom is 0.272 e. The smallest absolute Gasteiger partial charge is 0.272 e. The van der Waals surface area contributed by atoms with Gasteiger partial charge < -0.3 is 10.3 Å². The molecule has 1 aromatic heterocycles. The number of aromatic nitrogens is 1. The summed E-state index contributed by atoms with van der Waals surface area (Å²) in [6.45, 7) is 0. The summed E-state index contributed by atoms with van der Waals surface area (Å²) in [5, 5.41) is 7.96. The second-order valence-corrected chi connectivity index (χ2v) is 8.02. The fourth-order valence-electron chi connectivity index (χ4n) is 2.45. The van der Waals surface area contributed by atoms with Gasteiger partial charge in [0.25, 0.3) is 5.91 Å². The number of primary sulfonamides is 1. The van der Waals surface area contributed by atoms with E-state index in [0.29, 0.717) is 26.6 Å². The zero-order chi connectivity index (χ0) is 18.2. The first-order chi connectivity index (χ1) is 11.7. The van der Waals surface area contributed by atoms with Gasteiger partial charge in [0.05, 0.1) is 11.3 Å². The Morgan fingerprint density at radius 1 is 1.24 bits per heavy atom. The van der Waals surface area contributed by atoms with Crippen LogP contribution >= 0.6 is 15.9 Å². The van der Waals surface area contributed by atoms with Crippen molar-refractivity contribution in [1.29, 1.82) is 0 Å². The summed E-state index contributed by atoms with van der Waals surface area (Å²) < 4.78 is 36.8. The van der Waals surface area contributed by atoms with Crippen molar-refractivity contribution in [3.63, 3.8) is 0 Å². The first-order valence-electron chi connectivity index (χ1n) is 7.10. The summed E-state index contributed by atoms with van der Waals surface area (Å²) in [7, 11) is -3.67. The number of halogens is 2. The van der Waals surface area contributed by atoms with E-state index in [9.17, 15) is 17.6 Å². The molecule has 0 aliphatic heterocycles. The highest BCUT2D eigenvalue weighted by Crippen LogP contribution is 2.24. The second-order valence-electron chi connectivity index (χ2n) is 5.49. The Morgan fingerprint density at radius 3 is 2.72 bits per heavy atom. The van der Waals surface area contributed by atoms with Crippen LogP contribution in [0.5, 0.6) is 0 Å². The van der Waals surface area contributed by atoms with E-state index in [-0.39, 0.29) is 11.4 Å². The number of amides is 1. The van der Waals surface area contributed by atoms with E-state index in [2.05, 4.69) is 26.2 Å². The number of fused-ring (bicyclic) bond motifs is 1. The fourth-order valence-corrected chi connectivity index (χ4v) is 3.53. The number of rotatable bonds is 4. The van der Waals surface area contributed by atoms with Gasteiger partial charge in [-0.25, -0.2) is 17.9 Å². The Labute approximate surface area is 151 Å². The minimum Gasteiger partial charge on any atom is -0.350 e. The van der Waals surface area contributed by atoms with Gasteiger partial charge in [0.2, 0.25) is 10.0 Å². The molecule has 0 aliphatic rings. The number of benzene rings is 2. The summed E-state index contributed by atoms with van der Waals surface area (Å²) in [6.07, 6.45) is 0. The molecule has 0 spiro atoms. The quantitative estimate of drug-likeness (QED) is 0.597. The first kappa shape index (κ1) is 17.6. The average molecular weight is 426 g/mol. The number of nitrogens with two attached hydrogens (primary N) is 1. The highest BCUT2D eigenvalue weighted by Gasteiger charge is 2.13. The summed E-state index contributed by atoms with van der Waals surface area (Å²) >= 11 is 3.20. The SMILES string of the molecule is NS(=O)(=O)Cc1cccc(NC(=O)c2cc3c(F)cc(Br)cc3[nH]2)c1. The highest BCUT2D eigenvalue weighted by atomic mass is 79.9. The maximum absolute atomic E-state index is 13.9. The first-order valence-corrected chi connectivity index (χ1v) is 9.61. The number of H-pyrrole nitrogens is 1. The van der Waals surface area contributed by atoms with Crippen LogP contribution in [0.3, 0.4) is 0 Å². The monoisotopic (exact) mass is 425 g/mol. The van der Waals surface area contributed by atoms with Crippen molar-refractivity contribution in [3.05, 3.63) is 64.0 Å². The molecule has 0 unspecified atom stereocenters. The van der Waals surface area contributed by atoms with Crippen molar-refractivity contribution in [2.45, 2.75) is 5.75 Å². The van der Waals surface area contributed by atoms with E-state index < -0.39 is 21.7 Å². The van der Waals surface area contributed by atoms with Crippen LogP contribution in [0.4, 0.5) is 10.1 Å². The molecule has 3 rings (SSSR count). The molecule has 0 radical (unpaired) electrons. The minimum atomic E-state index is -3.67. The molecule has 2 aromatic carbocycles. The molecule has 0 bridgehead atoms. The lowest BCUT2D eigenvalue weighted by Crippen LogP contribution is -2.15. The number of nitrogens with one attached hydrogen (secondary N) is 2. The van der Waals surface area contributed by atoms with E-state index >= 15 is 0 Å². The minimum absolute atomic E-state index is 0.184. The Kier molecular flexibility index (Phi) is 4.63.